The van der Waals surface area contributed by atoms with Crippen molar-refractivity contribution < 1.29 is 14.1 Å². The van der Waals surface area contributed by atoms with Crippen LogP contribution < -0.4 is 10.1 Å². The molecule has 0 saturated heterocycles. The van der Waals surface area contributed by atoms with Crippen LogP contribution >= 0.6 is 0 Å². The van der Waals surface area contributed by atoms with Crippen molar-refractivity contribution in [2.75, 3.05) is 5.32 Å². The predicted molar refractivity (Wildman–Crippen MR) is 87.7 cm³/mol. The Morgan fingerprint density at radius 3 is 2.78 bits per heavy atom. The second-order valence-electron chi connectivity index (χ2n) is 5.89. The summed E-state index contributed by atoms with van der Waals surface area (Å²) in [5.74, 6) is 0.931. The van der Waals surface area contributed by atoms with Gasteiger partial charge in [0.2, 0.25) is 5.88 Å². The minimum atomic E-state index is -0.605. The van der Waals surface area contributed by atoms with Gasteiger partial charge < -0.3 is 9.26 Å². The molecule has 2 aromatic rings. The van der Waals surface area contributed by atoms with Crippen LogP contribution in [0, 0.1) is 0 Å². The number of carbonyl (C=O) groups is 1. The number of carbonyl (C=O) groups excluding carboxylic acids is 1. The second kappa shape index (κ2) is 6.86. The number of nitrogens with one attached hydrogen (secondary N) is 1. The normalized spacial score (nSPS) is 14.9. The van der Waals surface area contributed by atoms with Gasteiger partial charge in [-0.05, 0) is 56.7 Å². The first kappa shape index (κ1) is 15.6. The molecular weight excluding hydrogens is 292 g/mol. The van der Waals surface area contributed by atoms with E-state index in [0.29, 0.717) is 11.6 Å². The number of ether oxygens (including phenoxy) is 1. The molecule has 5 heteroatoms. The number of hydrogen-bond acceptors (Lipinski definition) is 4. The molecule has 3 rings (SSSR count). The highest BCUT2D eigenvalue weighted by molar-refractivity contribution is 5.93. The second-order valence-corrected chi connectivity index (χ2v) is 5.89. The van der Waals surface area contributed by atoms with Crippen molar-refractivity contribution >= 4 is 11.8 Å². The highest BCUT2D eigenvalue weighted by atomic mass is 16.5. The van der Waals surface area contributed by atoms with E-state index in [9.17, 15) is 4.79 Å². The van der Waals surface area contributed by atoms with Crippen molar-refractivity contribution in [2.24, 2.45) is 0 Å². The van der Waals surface area contributed by atoms with Crippen LogP contribution in [0.25, 0.3) is 0 Å². The molecule has 0 fully saturated rings. The Bertz CT molecular complexity index is 676. The largest absolute Gasteiger partial charge is 0.481 e. The molecule has 1 aliphatic rings. The van der Waals surface area contributed by atoms with Crippen molar-refractivity contribution in [1.29, 1.82) is 0 Å². The van der Waals surface area contributed by atoms with Gasteiger partial charge >= 0.3 is 0 Å². The molecule has 1 aromatic heterocycles. The summed E-state index contributed by atoms with van der Waals surface area (Å²) in [6.45, 7) is 3.83. The van der Waals surface area contributed by atoms with Gasteiger partial charge in [-0.2, -0.15) is 0 Å². The number of nitrogens with zero attached hydrogens (tertiary/aromatic N) is 1. The summed E-state index contributed by atoms with van der Waals surface area (Å²) in [6.07, 6.45) is 4.43. The maximum Gasteiger partial charge on any atom is 0.267 e. The molecule has 1 N–H and O–H groups in total. The SMILES string of the molecule is CCc1ccc(OC(C)C(=O)Nc2onc3c2CCCC3)cc1. The van der Waals surface area contributed by atoms with Crippen molar-refractivity contribution in [2.45, 2.75) is 52.1 Å². The number of aryl methyl sites for hydroxylation is 2. The topological polar surface area (TPSA) is 64.4 Å². The highest BCUT2D eigenvalue weighted by Crippen LogP contribution is 2.27. The van der Waals surface area contributed by atoms with E-state index in [4.69, 9.17) is 9.26 Å². The van der Waals surface area contributed by atoms with Crippen LogP contribution in [0.1, 0.15) is 43.5 Å². The molecule has 1 atom stereocenters. The molecule has 1 amide bonds. The fraction of sp³-hybridized carbons (Fsp3) is 0.444. The van der Waals surface area contributed by atoms with E-state index in [1.54, 1.807) is 6.92 Å². The van der Waals surface area contributed by atoms with Gasteiger partial charge in [0.05, 0.1) is 5.69 Å². The standard InChI is InChI=1S/C18H22N2O3/c1-3-13-8-10-14(11-9-13)22-12(2)17(21)19-18-15-6-4-5-7-16(15)20-23-18/h8-12H,3-7H2,1-2H3,(H,19,21). The van der Waals surface area contributed by atoms with Crippen LogP contribution in [0.3, 0.4) is 0 Å². The van der Waals surface area contributed by atoms with E-state index in [1.807, 2.05) is 24.3 Å². The van der Waals surface area contributed by atoms with E-state index in [1.165, 1.54) is 5.56 Å². The third kappa shape index (κ3) is 3.55. The van der Waals surface area contributed by atoms with Crippen LogP contribution in [0.2, 0.25) is 0 Å². The molecule has 0 spiro atoms. The van der Waals surface area contributed by atoms with Gasteiger partial charge in [0.1, 0.15) is 5.75 Å². The van der Waals surface area contributed by atoms with E-state index >= 15 is 0 Å². The summed E-state index contributed by atoms with van der Waals surface area (Å²) in [5, 5.41) is 6.84. The number of rotatable bonds is 5. The lowest BCUT2D eigenvalue weighted by Gasteiger charge is -2.15. The van der Waals surface area contributed by atoms with Crippen molar-refractivity contribution in [1.82, 2.24) is 5.16 Å². The molecule has 0 aliphatic heterocycles. The Hall–Kier alpha value is -2.30. The first-order valence-corrected chi connectivity index (χ1v) is 8.21. The fourth-order valence-corrected chi connectivity index (χ4v) is 2.76. The first-order valence-electron chi connectivity index (χ1n) is 8.21. The molecule has 0 bridgehead atoms. The zero-order valence-electron chi connectivity index (χ0n) is 13.6. The highest BCUT2D eigenvalue weighted by Gasteiger charge is 2.23. The Labute approximate surface area is 136 Å². The average molecular weight is 314 g/mol. The summed E-state index contributed by atoms with van der Waals surface area (Å²) in [6, 6.07) is 7.79. The monoisotopic (exact) mass is 314 g/mol. The first-order chi connectivity index (χ1) is 11.2. The summed E-state index contributed by atoms with van der Waals surface area (Å²) < 4.78 is 11.0. The van der Waals surface area contributed by atoms with Crippen molar-refractivity contribution in [3.8, 4) is 5.75 Å². The Kier molecular flexibility index (Phi) is 4.65. The van der Waals surface area contributed by atoms with Gasteiger partial charge in [-0.3, -0.25) is 10.1 Å². The molecule has 5 nitrogen and oxygen atoms in total. The van der Waals surface area contributed by atoms with Gasteiger partial charge in [-0.25, -0.2) is 0 Å². The zero-order chi connectivity index (χ0) is 16.2. The lowest BCUT2D eigenvalue weighted by Crippen LogP contribution is -2.30. The molecule has 0 saturated carbocycles. The lowest BCUT2D eigenvalue weighted by atomic mass is 9.98. The van der Waals surface area contributed by atoms with Crippen LogP contribution in [0.4, 0.5) is 5.88 Å². The molecular formula is C18H22N2O3. The van der Waals surface area contributed by atoms with Crippen LogP contribution in [0.5, 0.6) is 5.75 Å². The summed E-state index contributed by atoms with van der Waals surface area (Å²) in [5.41, 5.74) is 3.24. The number of amides is 1. The number of benzene rings is 1. The Balaban J connectivity index is 1.62. The van der Waals surface area contributed by atoms with Crippen LogP contribution in [-0.2, 0) is 24.1 Å². The molecule has 1 heterocycles. The molecule has 1 aliphatic carbocycles. The molecule has 122 valence electrons. The van der Waals surface area contributed by atoms with Crippen molar-refractivity contribution in [3.05, 3.63) is 41.1 Å². The van der Waals surface area contributed by atoms with Gasteiger partial charge in [0.15, 0.2) is 6.10 Å². The summed E-state index contributed by atoms with van der Waals surface area (Å²) >= 11 is 0. The number of hydrogen-bond donors (Lipinski definition) is 1. The molecule has 0 radical (unpaired) electrons. The number of fused-ring (bicyclic) bond motifs is 1. The van der Waals surface area contributed by atoms with E-state index < -0.39 is 6.10 Å². The Morgan fingerprint density at radius 1 is 1.30 bits per heavy atom. The smallest absolute Gasteiger partial charge is 0.267 e. The lowest BCUT2D eigenvalue weighted by molar-refractivity contribution is -0.122. The van der Waals surface area contributed by atoms with Gasteiger partial charge in [0.25, 0.3) is 5.91 Å². The summed E-state index contributed by atoms with van der Waals surface area (Å²) in [7, 11) is 0. The number of anilines is 1. The molecule has 1 unspecified atom stereocenters. The van der Waals surface area contributed by atoms with Gasteiger partial charge in [0, 0.05) is 5.56 Å². The maximum absolute atomic E-state index is 12.3. The van der Waals surface area contributed by atoms with E-state index in [2.05, 4.69) is 17.4 Å². The third-order valence-electron chi connectivity index (χ3n) is 4.21. The Morgan fingerprint density at radius 2 is 2.04 bits per heavy atom. The zero-order valence-corrected chi connectivity index (χ0v) is 13.6. The average Bonchev–Trinajstić information content (AvgIpc) is 2.98. The maximum atomic E-state index is 12.3. The third-order valence-corrected chi connectivity index (χ3v) is 4.21. The quantitative estimate of drug-likeness (QED) is 0.917. The minimum Gasteiger partial charge on any atom is -0.481 e. The molecule has 23 heavy (non-hydrogen) atoms. The minimum absolute atomic E-state index is 0.228. The van der Waals surface area contributed by atoms with Gasteiger partial charge in [-0.15, -0.1) is 0 Å². The summed E-state index contributed by atoms with van der Waals surface area (Å²) in [4.78, 5) is 12.3. The fourth-order valence-electron chi connectivity index (χ4n) is 2.76. The van der Waals surface area contributed by atoms with Crippen LogP contribution in [-0.4, -0.2) is 17.2 Å². The van der Waals surface area contributed by atoms with Crippen molar-refractivity contribution in [3.63, 3.8) is 0 Å². The van der Waals surface area contributed by atoms with E-state index in [0.717, 1.165) is 43.4 Å². The van der Waals surface area contributed by atoms with E-state index in [-0.39, 0.29) is 5.91 Å². The molecule has 1 aromatic carbocycles. The van der Waals surface area contributed by atoms with Gasteiger partial charge in [-0.1, -0.05) is 24.2 Å². The predicted octanol–water partition coefficient (Wildman–Crippen LogP) is 3.52. The van der Waals surface area contributed by atoms with Crippen LogP contribution in [0.15, 0.2) is 28.8 Å². The number of aromatic nitrogens is 1.